The lowest BCUT2D eigenvalue weighted by Gasteiger charge is -2.18. The molecule has 0 bridgehead atoms. The second kappa shape index (κ2) is 9.85. The van der Waals surface area contributed by atoms with Gasteiger partial charge in [0, 0.05) is 4.88 Å². The monoisotopic (exact) mass is 404 g/mol. The van der Waals surface area contributed by atoms with Gasteiger partial charge in [-0.2, -0.15) is 0 Å². The minimum absolute atomic E-state index is 0.0638. The van der Waals surface area contributed by atoms with Gasteiger partial charge in [0.15, 0.2) is 5.11 Å². The fourth-order valence-corrected chi connectivity index (χ4v) is 4.57. The van der Waals surface area contributed by atoms with E-state index in [9.17, 15) is 4.79 Å². The van der Waals surface area contributed by atoms with Crippen molar-refractivity contribution in [3.63, 3.8) is 0 Å². The summed E-state index contributed by atoms with van der Waals surface area (Å²) in [7, 11) is 1.40. The van der Waals surface area contributed by atoms with Gasteiger partial charge in [0.25, 0.3) is 0 Å². The third kappa shape index (κ3) is 5.30. The summed E-state index contributed by atoms with van der Waals surface area (Å²) in [5.41, 5.74) is 4.11. The van der Waals surface area contributed by atoms with Crippen molar-refractivity contribution in [1.29, 1.82) is 0 Å². The molecule has 0 amide bonds. The zero-order chi connectivity index (χ0) is 20.0. The van der Waals surface area contributed by atoms with Crippen LogP contribution in [0.4, 0.5) is 5.00 Å². The Labute approximate surface area is 171 Å². The Morgan fingerprint density at radius 3 is 2.48 bits per heavy atom. The van der Waals surface area contributed by atoms with E-state index < -0.39 is 0 Å². The Morgan fingerprint density at radius 2 is 1.93 bits per heavy atom. The minimum Gasteiger partial charge on any atom is -0.465 e. The van der Waals surface area contributed by atoms with Crippen molar-refractivity contribution in [3.8, 4) is 0 Å². The molecule has 0 saturated carbocycles. The molecule has 1 heterocycles. The van der Waals surface area contributed by atoms with E-state index in [0.717, 1.165) is 34.7 Å². The number of carbonyl (C=O) groups excluding carboxylic acids is 1. The van der Waals surface area contributed by atoms with Crippen LogP contribution in [0, 0.1) is 6.92 Å². The number of carbonyl (C=O) groups is 1. The SMILES string of the molecule is CCCc1ccc(C(C)NC(=S)Nc2sc(C)c(CC)c2C(=O)OC)cc1. The van der Waals surface area contributed by atoms with E-state index in [0.29, 0.717) is 10.7 Å². The van der Waals surface area contributed by atoms with Crippen molar-refractivity contribution in [2.75, 3.05) is 12.4 Å². The summed E-state index contributed by atoms with van der Waals surface area (Å²) >= 11 is 7.01. The molecule has 0 saturated heterocycles. The van der Waals surface area contributed by atoms with Gasteiger partial charge < -0.3 is 15.4 Å². The molecule has 2 N–H and O–H groups in total. The molecule has 1 unspecified atom stereocenters. The van der Waals surface area contributed by atoms with Crippen LogP contribution in [-0.4, -0.2) is 18.2 Å². The molecule has 0 spiro atoms. The molecule has 1 aromatic heterocycles. The van der Waals surface area contributed by atoms with Gasteiger partial charge in [0.1, 0.15) is 5.00 Å². The fraction of sp³-hybridized carbons (Fsp3) is 0.429. The normalized spacial score (nSPS) is 11.7. The van der Waals surface area contributed by atoms with Crippen molar-refractivity contribution < 1.29 is 9.53 Å². The van der Waals surface area contributed by atoms with E-state index >= 15 is 0 Å². The van der Waals surface area contributed by atoms with Gasteiger partial charge in [-0.1, -0.05) is 44.5 Å². The molecular formula is C21H28N2O2S2. The highest BCUT2D eigenvalue weighted by Gasteiger charge is 2.22. The second-order valence-electron chi connectivity index (χ2n) is 6.50. The van der Waals surface area contributed by atoms with Gasteiger partial charge in [-0.15, -0.1) is 11.3 Å². The Kier molecular flexibility index (Phi) is 7.80. The number of hydrogen-bond acceptors (Lipinski definition) is 4. The molecule has 2 aromatic rings. The number of nitrogens with one attached hydrogen (secondary N) is 2. The lowest BCUT2D eigenvalue weighted by Crippen LogP contribution is -2.31. The topological polar surface area (TPSA) is 50.4 Å². The smallest absolute Gasteiger partial charge is 0.341 e. The molecule has 27 heavy (non-hydrogen) atoms. The molecule has 0 radical (unpaired) electrons. The van der Waals surface area contributed by atoms with Gasteiger partial charge in [-0.3, -0.25) is 0 Å². The van der Waals surface area contributed by atoms with Crippen LogP contribution in [0.25, 0.3) is 0 Å². The summed E-state index contributed by atoms with van der Waals surface area (Å²) in [6, 6.07) is 8.66. The van der Waals surface area contributed by atoms with Crippen LogP contribution in [0.2, 0.25) is 0 Å². The van der Waals surface area contributed by atoms with Crippen LogP contribution in [0.15, 0.2) is 24.3 Å². The van der Waals surface area contributed by atoms with Gasteiger partial charge in [-0.25, -0.2) is 4.79 Å². The lowest BCUT2D eigenvalue weighted by molar-refractivity contribution is 0.0601. The summed E-state index contributed by atoms with van der Waals surface area (Å²) in [5.74, 6) is -0.332. The maximum atomic E-state index is 12.2. The third-order valence-corrected chi connectivity index (χ3v) is 5.83. The van der Waals surface area contributed by atoms with Gasteiger partial charge in [0.2, 0.25) is 0 Å². The first-order valence-electron chi connectivity index (χ1n) is 9.28. The number of esters is 1. The Hall–Kier alpha value is -1.92. The predicted molar refractivity (Wildman–Crippen MR) is 118 cm³/mol. The first-order chi connectivity index (χ1) is 12.9. The molecule has 0 aliphatic carbocycles. The average Bonchev–Trinajstić information content (AvgIpc) is 2.96. The molecule has 1 aromatic carbocycles. The van der Waals surface area contributed by atoms with E-state index in [1.54, 1.807) is 0 Å². The Bertz CT molecular complexity index is 797. The highest BCUT2D eigenvalue weighted by atomic mass is 32.1. The second-order valence-corrected chi connectivity index (χ2v) is 8.13. The number of methoxy groups -OCH3 is 1. The molecular weight excluding hydrogens is 376 g/mol. The standard InChI is InChI=1S/C21H28N2O2S2/c1-6-8-15-9-11-16(12-10-15)13(3)22-21(26)23-19-18(20(24)25-5)17(7-2)14(4)27-19/h9-13H,6-8H2,1-5H3,(H2,22,23,26). The van der Waals surface area contributed by atoms with Crippen LogP contribution in [0.5, 0.6) is 0 Å². The molecule has 146 valence electrons. The lowest BCUT2D eigenvalue weighted by atomic mass is 10.0. The van der Waals surface area contributed by atoms with E-state index in [1.165, 1.54) is 29.6 Å². The fourth-order valence-electron chi connectivity index (χ4n) is 3.09. The summed E-state index contributed by atoms with van der Waals surface area (Å²) in [6.45, 7) is 8.30. The number of thiocarbonyl (C=S) groups is 1. The van der Waals surface area contributed by atoms with Gasteiger partial charge in [0.05, 0.1) is 18.7 Å². The van der Waals surface area contributed by atoms with Crippen LogP contribution in [0.1, 0.15) is 65.2 Å². The molecule has 1 atom stereocenters. The summed E-state index contributed by atoms with van der Waals surface area (Å²) in [4.78, 5) is 13.3. The Morgan fingerprint density at radius 1 is 1.26 bits per heavy atom. The predicted octanol–water partition coefficient (Wildman–Crippen LogP) is 5.41. The average molecular weight is 405 g/mol. The van der Waals surface area contributed by atoms with E-state index in [-0.39, 0.29) is 12.0 Å². The van der Waals surface area contributed by atoms with Gasteiger partial charge >= 0.3 is 5.97 Å². The van der Waals surface area contributed by atoms with Crippen LogP contribution in [0.3, 0.4) is 0 Å². The third-order valence-electron chi connectivity index (χ3n) is 4.55. The molecule has 0 aliphatic heterocycles. The summed E-state index contributed by atoms with van der Waals surface area (Å²) in [5, 5.41) is 7.72. The highest BCUT2D eigenvalue weighted by Crippen LogP contribution is 2.34. The largest absolute Gasteiger partial charge is 0.465 e. The van der Waals surface area contributed by atoms with E-state index in [4.69, 9.17) is 17.0 Å². The van der Waals surface area contributed by atoms with Crippen molar-refractivity contribution in [2.45, 2.75) is 53.0 Å². The number of hydrogen-bond donors (Lipinski definition) is 2. The van der Waals surface area contributed by atoms with E-state index in [2.05, 4.69) is 48.7 Å². The van der Waals surface area contributed by atoms with Crippen molar-refractivity contribution in [2.24, 2.45) is 0 Å². The summed E-state index contributed by atoms with van der Waals surface area (Å²) < 4.78 is 4.96. The van der Waals surface area contributed by atoms with Crippen molar-refractivity contribution in [1.82, 2.24) is 5.32 Å². The zero-order valence-electron chi connectivity index (χ0n) is 16.6. The molecule has 6 heteroatoms. The number of ether oxygens (including phenoxy) is 1. The molecule has 2 rings (SSSR count). The van der Waals surface area contributed by atoms with Gasteiger partial charge in [-0.05, 0) is 55.6 Å². The number of thiophene rings is 1. The molecule has 0 fully saturated rings. The zero-order valence-corrected chi connectivity index (χ0v) is 18.3. The maximum absolute atomic E-state index is 12.2. The van der Waals surface area contributed by atoms with Crippen LogP contribution in [-0.2, 0) is 17.6 Å². The first-order valence-corrected chi connectivity index (χ1v) is 10.5. The molecule has 4 nitrogen and oxygen atoms in total. The van der Waals surface area contributed by atoms with Crippen molar-refractivity contribution in [3.05, 3.63) is 51.4 Å². The quantitative estimate of drug-likeness (QED) is 0.478. The summed E-state index contributed by atoms with van der Waals surface area (Å²) in [6.07, 6.45) is 3.01. The maximum Gasteiger partial charge on any atom is 0.341 e. The van der Waals surface area contributed by atoms with E-state index in [1.807, 2.05) is 13.8 Å². The highest BCUT2D eigenvalue weighted by molar-refractivity contribution is 7.80. The van der Waals surface area contributed by atoms with Crippen molar-refractivity contribution >= 4 is 39.6 Å². The minimum atomic E-state index is -0.332. The Balaban J connectivity index is 2.10. The number of rotatable bonds is 7. The van der Waals surface area contributed by atoms with Crippen LogP contribution >= 0.6 is 23.6 Å². The number of benzene rings is 1. The molecule has 0 aliphatic rings. The van der Waals surface area contributed by atoms with Crippen LogP contribution < -0.4 is 10.6 Å². The first kappa shape index (κ1) is 21.4. The number of anilines is 1. The number of aryl methyl sites for hydroxylation is 2.